The van der Waals surface area contributed by atoms with E-state index in [2.05, 4.69) is 0 Å². The number of ether oxygens (including phenoxy) is 3. The first-order valence-electron chi connectivity index (χ1n) is 10.0. The van der Waals surface area contributed by atoms with Crippen molar-refractivity contribution in [3.8, 4) is 23.0 Å². The molecule has 8 heteroatoms. The summed E-state index contributed by atoms with van der Waals surface area (Å²) in [7, 11) is 2.96. The number of allylic oxidation sites excluding steroid dienone is 1. The number of hydrogen-bond donors (Lipinski definition) is 1. The summed E-state index contributed by atoms with van der Waals surface area (Å²) in [5, 5.41) is 9.80. The fourth-order valence-corrected chi connectivity index (χ4v) is 4.77. The van der Waals surface area contributed by atoms with Gasteiger partial charge >= 0.3 is 6.09 Å². The highest BCUT2D eigenvalue weighted by Crippen LogP contribution is 2.49. The van der Waals surface area contributed by atoms with Crippen molar-refractivity contribution in [2.45, 2.75) is 24.2 Å². The summed E-state index contributed by atoms with van der Waals surface area (Å²) in [5.41, 5.74) is 1.08. The van der Waals surface area contributed by atoms with Crippen molar-refractivity contribution in [1.82, 2.24) is 4.90 Å². The third kappa shape index (κ3) is 4.20. The predicted molar refractivity (Wildman–Crippen MR) is 117 cm³/mol. The Bertz CT molecular complexity index is 1060. The molecule has 1 fully saturated rings. The number of rotatable bonds is 4. The number of carbonyl (C=O) groups is 2. The van der Waals surface area contributed by atoms with E-state index >= 15 is 0 Å². The number of carbonyl (C=O) groups excluding carboxylic acids is 2. The van der Waals surface area contributed by atoms with Crippen LogP contribution in [0.3, 0.4) is 0 Å². The van der Waals surface area contributed by atoms with Gasteiger partial charge in [-0.15, -0.1) is 0 Å². The zero-order valence-corrected chi connectivity index (χ0v) is 18.2. The molecule has 0 bridgehead atoms. The first-order valence-corrected chi connectivity index (χ1v) is 10.8. The van der Waals surface area contributed by atoms with E-state index in [0.29, 0.717) is 51.3 Å². The quantitative estimate of drug-likeness (QED) is 0.687. The molecule has 2 aromatic rings. The molecule has 4 rings (SSSR count). The van der Waals surface area contributed by atoms with Gasteiger partial charge in [0.1, 0.15) is 11.5 Å². The predicted octanol–water partition coefficient (Wildman–Crippen LogP) is 4.72. The Morgan fingerprint density at radius 3 is 2.45 bits per heavy atom. The third-order valence-corrected chi connectivity index (χ3v) is 6.41. The summed E-state index contributed by atoms with van der Waals surface area (Å²) in [6, 6.07) is 8.15. The molecule has 0 spiro atoms. The number of ketones is 1. The summed E-state index contributed by atoms with van der Waals surface area (Å²) in [4.78, 5) is 28.5. The largest absolute Gasteiger partial charge is 0.504 e. The van der Waals surface area contributed by atoms with E-state index in [-0.39, 0.29) is 11.5 Å². The second-order valence-electron chi connectivity index (χ2n) is 7.26. The maximum Gasteiger partial charge on any atom is 0.415 e. The molecule has 0 aromatic heterocycles. The van der Waals surface area contributed by atoms with Crippen LogP contribution in [0.1, 0.15) is 35.2 Å². The zero-order valence-electron chi connectivity index (χ0n) is 17.3. The van der Waals surface area contributed by atoms with E-state index in [1.807, 2.05) is 0 Å². The second-order valence-corrected chi connectivity index (χ2v) is 8.31. The van der Waals surface area contributed by atoms with Gasteiger partial charge < -0.3 is 24.2 Å². The number of thioether (sulfide) groups is 1. The Balaban J connectivity index is 1.65. The van der Waals surface area contributed by atoms with Crippen LogP contribution in [-0.4, -0.2) is 49.2 Å². The van der Waals surface area contributed by atoms with Crippen LogP contribution in [0.4, 0.5) is 4.79 Å². The number of hydrogen-bond acceptors (Lipinski definition) is 7. The highest BCUT2D eigenvalue weighted by molar-refractivity contribution is 8.05. The minimum atomic E-state index is -0.402. The van der Waals surface area contributed by atoms with Gasteiger partial charge in [-0.05, 0) is 55.2 Å². The maximum absolute atomic E-state index is 13.1. The minimum Gasteiger partial charge on any atom is -0.504 e. The van der Waals surface area contributed by atoms with Crippen molar-refractivity contribution in [2.24, 2.45) is 0 Å². The minimum absolute atomic E-state index is 0.0203. The molecule has 2 aliphatic heterocycles. The fraction of sp³-hybridized carbons (Fsp3) is 0.304. The van der Waals surface area contributed by atoms with Crippen molar-refractivity contribution < 1.29 is 28.9 Å². The van der Waals surface area contributed by atoms with Crippen LogP contribution in [0.5, 0.6) is 23.0 Å². The summed E-state index contributed by atoms with van der Waals surface area (Å²) in [6.07, 6.45) is 4.35. The monoisotopic (exact) mass is 441 g/mol. The molecule has 0 unspecified atom stereocenters. The van der Waals surface area contributed by atoms with E-state index in [1.54, 1.807) is 35.2 Å². The number of amides is 1. The van der Waals surface area contributed by atoms with Gasteiger partial charge in [-0.1, -0.05) is 17.8 Å². The van der Waals surface area contributed by atoms with Gasteiger partial charge in [0.2, 0.25) is 5.78 Å². The standard InChI is InChI=1S/C23H23NO6S/c1-28-16-8-9-17(30-23(27)24-10-4-3-5-11-24)22-20(16)21(26)19(31-22)13-14-6-7-15(25)18(12-14)29-2/h6-9,12-13,25H,3-5,10-11H2,1-2H3/b19-13+. The molecular formula is C23H23NO6S. The van der Waals surface area contributed by atoms with E-state index < -0.39 is 6.09 Å². The lowest BCUT2D eigenvalue weighted by atomic mass is 10.1. The van der Waals surface area contributed by atoms with Gasteiger partial charge in [0.25, 0.3) is 0 Å². The summed E-state index contributed by atoms with van der Waals surface area (Å²) >= 11 is 1.23. The van der Waals surface area contributed by atoms with Crippen molar-refractivity contribution in [2.75, 3.05) is 27.3 Å². The lowest BCUT2D eigenvalue weighted by Gasteiger charge is -2.26. The second kappa shape index (κ2) is 8.93. The van der Waals surface area contributed by atoms with Crippen molar-refractivity contribution in [1.29, 1.82) is 0 Å². The number of benzene rings is 2. The number of likely N-dealkylation sites (tertiary alicyclic amines) is 1. The van der Waals surface area contributed by atoms with Crippen LogP contribution in [0, 0.1) is 0 Å². The first kappa shape index (κ1) is 21.1. The van der Waals surface area contributed by atoms with Crippen molar-refractivity contribution in [3.05, 3.63) is 46.4 Å². The smallest absolute Gasteiger partial charge is 0.415 e. The number of phenolic OH excluding ortho intramolecular Hbond substituents is 1. The van der Waals surface area contributed by atoms with Gasteiger partial charge in [-0.3, -0.25) is 4.79 Å². The summed E-state index contributed by atoms with van der Waals surface area (Å²) in [5.74, 6) is 0.899. The van der Waals surface area contributed by atoms with Crippen molar-refractivity contribution in [3.63, 3.8) is 0 Å². The Labute approximate surface area is 184 Å². The molecule has 1 saturated heterocycles. The molecule has 162 valence electrons. The van der Waals surface area contributed by atoms with Crippen LogP contribution in [0.15, 0.2) is 40.1 Å². The Kier molecular flexibility index (Phi) is 6.08. The molecule has 7 nitrogen and oxygen atoms in total. The average molecular weight is 442 g/mol. The van der Waals surface area contributed by atoms with Gasteiger partial charge in [0.05, 0.1) is 29.6 Å². The van der Waals surface area contributed by atoms with Crippen LogP contribution in [0.2, 0.25) is 0 Å². The van der Waals surface area contributed by atoms with E-state index in [9.17, 15) is 14.7 Å². The zero-order chi connectivity index (χ0) is 22.0. The highest BCUT2D eigenvalue weighted by Gasteiger charge is 2.34. The molecule has 0 saturated carbocycles. The molecule has 2 aromatic carbocycles. The molecule has 1 amide bonds. The third-order valence-electron chi connectivity index (χ3n) is 5.28. The van der Waals surface area contributed by atoms with Crippen molar-refractivity contribution >= 4 is 29.7 Å². The Morgan fingerprint density at radius 2 is 1.74 bits per heavy atom. The molecule has 0 atom stereocenters. The molecular weight excluding hydrogens is 418 g/mol. The van der Waals surface area contributed by atoms with E-state index in [0.717, 1.165) is 19.3 Å². The Morgan fingerprint density at radius 1 is 1.03 bits per heavy atom. The van der Waals surface area contributed by atoms with Gasteiger partial charge in [-0.25, -0.2) is 4.79 Å². The molecule has 31 heavy (non-hydrogen) atoms. The molecule has 0 radical (unpaired) electrons. The number of nitrogens with zero attached hydrogens (tertiary/aromatic N) is 1. The number of piperidine rings is 1. The lowest BCUT2D eigenvalue weighted by Crippen LogP contribution is -2.37. The number of methoxy groups -OCH3 is 2. The lowest BCUT2D eigenvalue weighted by molar-refractivity contribution is 0.103. The van der Waals surface area contributed by atoms with Gasteiger partial charge in [0.15, 0.2) is 11.5 Å². The molecule has 2 heterocycles. The van der Waals surface area contributed by atoms with E-state index in [1.165, 1.54) is 32.0 Å². The number of Topliss-reactive ketones (excluding diaryl/α,β-unsaturated/α-hetero) is 1. The van der Waals surface area contributed by atoms with Crippen LogP contribution in [0.25, 0.3) is 6.08 Å². The summed E-state index contributed by atoms with van der Waals surface area (Å²) < 4.78 is 16.2. The van der Waals surface area contributed by atoms with Crippen LogP contribution < -0.4 is 14.2 Å². The normalized spacial score (nSPS) is 16.9. The molecule has 1 N–H and O–H groups in total. The maximum atomic E-state index is 13.1. The number of phenols is 1. The topological polar surface area (TPSA) is 85.3 Å². The summed E-state index contributed by atoms with van der Waals surface area (Å²) in [6.45, 7) is 1.36. The van der Waals surface area contributed by atoms with Crippen LogP contribution in [-0.2, 0) is 0 Å². The average Bonchev–Trinajstić information content (AvgIpc) is 3.12. The number of fused-ring (bicyclic) bond motifs is 1. The molecule has 2 aliphatic rings. The highest BCUT2D eigenvalue weighted by atomic mass is 32.2. The van der Waals surface area contributed by atoms with E-state index in [4.69, 9.17) is 14.2 Å². The van der Waals surface area contributed by atoms with Crippen LogP contribution >= 0.6 is 11.8 Å². The van der Waals surface area contributed by atoms with Gasteiger partial charge in [-0.2, -0.15) is 0 Å². The van der Waals surface area contributed by atoms with Gasteiger partial charge in [0, 0.05) is 13.1 Å². The Hall–Kier alpha value is -3.13. The SMILES string of the molecule is COc1cc(/C=C2/Sc3c(OC(=O)N4CCCCC4)ccc(OC)c3C2=O)ccc1O. The number of aromatic hydroxyl groups is 1. The molecule has 0 aliphatic carbocycles. The fourth-order valence-electron chi connectivity index (χ4n) is 3.66. The first-order chi connectivity index (χ1) is 15.0.